The molecule has 0 heterocycles. The number of carbonyl (C=O) groups excluding carboxylic acids is 2. The van der Waals surface area contributed by atoms with Crippen LogP contribution in [0.5, 0.6) is 0 Å². The van der Waals surface area contributed by atoms with Crippen molar-refractivity contribution in [1.29, 1.82) is 0 Å². The van der Waals surface area contributed by atoms with Gasteiger partial charge < -0.3 is 15.4 Å². The molecule has 1 aliphatic rings. The second-order valence-corrected chi connectivity index (χ2v) is 5.07. The van der Waals surface area contributed by atoms with E-state index in [4.69, 9.17) is 4.74 Å². The molecule has 1 atom stereocenters. The van der Waals surface area contributed by atoms with Gasteiger partial charge in [0.05, 0.1) is 19.1 Å². The van der Waals surface area contributed by atoms with E-state index in [1.54, 1.807) is 6.92 Å². The zero-order valence-electron chi connectivity index (χ0n) is 12.0. The van der Waals surface area contributed by atoms with Gasteiger partial charge in [0.25, 0.3) is 0 Å². The Morgan fingerprint density at radius 2 is 1.95 bits per heavy atom. The normalized spacial score (nSPS) is 17.8. The van der Waals surface area contributed by atoms with Crippen LogP contribution in [-0.2, 0) is 14.3 Å². The molecule has 1 amide bonds. The van der Waals surface area contributed by atoms with Crippen molar-refractivity contribution in [3.8, 4) is 0 Å². The summed E-state index contributed by atoms with van der Waals surface area (Å²) in [5.74, 6) is -0.203. The van der Waals surface area contributed by atoms with Crippen LogP contribution in [0, 0.1) is 0 Å². The molecule has 0 aliphatic heterocycles. The van der Waals surface area contributed by atoms with E-state index in [9.17, 15) is 9.59 Å². The van der Waals surface area contributed by atoms with Crippen molar-refractivity contribution >= 4 is 11.9 Å². The first-order chi connectivity index (χ1) is 9.13. The van der Waals surface area contributed by atoms with Crippen LogP contribution in [-0.4, -0.2) is 37.1 Å². The standard InChI is InChI=1S/C14H26N2O3/c1-3-19-13(17)9-10-15-11(2)14(18)16-12-7-5-4-6-8-12/h11-12,15H,3-10H2,1-2H3,(H,16,18). The van der Waals surface area contributed by atoms with Gasteiger partial charge in [-0.05, 0) is 26.7 Å². The number of hydrogen-bond acceptors (Lipinski definition) is 4. The lowest BCUT2D eigenvalue weighted by atomic mass is 9.95. The highest BCUT2D eigenvalue weighted by Gasteiger charge is 2.19. The Kier molecular flexibility index (Phi) is 7.48. The third kappa shape index (κ3) is 6.57. The van der Waals surface area contributed by atoms with Crippen molar-refractivity contribution in [2.75, 3.05) is 13.2 Å². The van der Waals surface area contributed by atoms with Gasteiger partial charge in [0, 0.05) is 12.6 Å². The quantitative estimate of drug-likeness (QED) is 0.686. The fourth-order valence-corrected chi connectivity index (χ4v) is 2.29. The van der Waals surface area contributed by atoms with E-state index in [1.165, 1.54) is 19.3 Å². The SMILES string of the molecule is CCOC(=O)CCNC(C)C(=O)NC1CCCCC1. The van der Waals surface area contributed by atoms with E-state index in [2.05, 4.69) is 10.6 Å². The Morgan fingerprint density at radius 3 is 2.58 bits per heavy atom. The van der Waals surface area contributed by atoms with Gasteiger partial charge in [-0.1, -0.05) is 19.3 Å². The van der Waals surface area contributed by atoms with Crippen molar-refractivity contribution in [1.82, 2.24) is 10.6 Å². The van der Waals surface area contributed by atoms with E-state index in [0.29, 0.717) is 25.6 Å². The Bertz CT molecular complexity index is 288. The van der Waals surface area contributed by atoms with Crippen LogP contribution in [0.2, 0.25) is 0 Å². The van der Waals surface area contributed by atoms with E-state index >= 15 is 0 Å². The van der Waals surface area contributed by atoms with Crippen LogP contribution in [0.15, 0.2) is 0 Å². The second kappa shape index (κ2) is 8.91. The largest absolute Gasteiger partial charge is 0.466 e. The summed E-state index contributed by atoms with van der Waals surface area (Å²) >= 11 is 0. The average Bonchev–Trinajstić information content (AvgIpc) is 2.40. The minimum atomic E-state index is -0.267. The first kappa shape index (κ1) is 16.0. The molecular formula is C14H26N2O3. The van der Waals surface area contributed by atoms with Crippen LogP contribution < -0.4 is 10.6 Å². The van der Waals surface area contributed by atoms with Gasteiger partial charge in [0.15, 0.2) is 0 Å². The molecule has 2 N–H and O–H groups in total. The zero-order valence-corrected chi connectivity index (χ0v) is 12.0. The van der Waals surface area contributed by atoms with Crippen LogP contribution >= 0.6 is 0 Å². The molecule has 5 heteroatoms. The van der Waals surface area contributed by atoms with Crippen molar-refractivity contribution < 1.29 is 14.3 Å². The van der Waals surface area contributed by atoms with E-state index in [-0.39, 0.29) is 17.9 Å². The highest BCUT2D eigenvalue weighted by molar-refractivity contribution is 5.81. The van der Waals surface area contributed by atoms with Gasteiger partial charge >= 0.3 is 5.97 Å². The topological polar surface area (TPSA) is 67.4 Å². The number of esters is 1. The van der Waals surface area contributed by atoms with E-state index in [0.717, 1.165) is 12.8 Å². The maximum absolute atomic E-state index is 11.9. The number of ether oxygens (including phenoxy) is 1. The van der Waals surface area contributed by atoms with Crippen LogP contribution in [0.3, 0.4) is 0 Å². The molecule has 1 fully saturated rings. The molecule has 0 saturated heterocycles. The van der Waals surface area contributed by atoms with Gasteiger partial charge in [0.1, 0.15) is 0 Å². The smallest absolute Gasteiger partial charge is 0.307 e. The summed E-state index contributed by atoms with van der Waals surface area (Å²) < 4.78 is 4.83. The lowest BCUT2D eigenvalue weighted by Crippen LogP contribution is -2.47. The Hall–Kier alpha value is -1.10. The molecule has 1 rings (SSSR count). The average molecular weight is 270 g/mol. The van der Waals surface area contributed by atoms with E-state index < -0.39 is 0 Å². The fourth-order valence-electron chi connectivity index (χ4n) is 2.29. The summed E-state index contributed by atoms with van der Waals surface area (Å²) in [6.07, 6.45) is 6.16. The molecule has 0 aromatic rings. The monoisotopic (exact) mass is 270 g/mol. The summed E-state index contributed by atoms with van der Waals surface area (Å²) in [6, 6.07) is 0.0620. The number of rotatable bonds is 7. The Labute approximate surface area is 115 Å². The van der Waals surface area contributed by atoms with E-state index in [1.807, 2.05) is 6.92 Å². The van der Waals surface area contributed by atoms with Crippen molar-refractivity contribution in [3.05, 3.63) is 0 Å². The molecule has 110 valence electrons. The summed E-state index contributed by atoms with van der Waals surface area (Å²) in [6.45, 7) is 4.48. The summed E-state index contributed by atoms with van der Waals surface area (Å²) in [7, 11) is 0. The molecule has 0 aromatic carbocycles. The molecule has 19 heavy (non-hydrogen) atoms. The molecule has 5 nitrogen and oxygen atoms in total. The lowest BCUT2D eigenvalue weighted by Gasteiger charge is -2.24. The molecule has 0 aromatic heterocycles. The third-order valence-electron chi connectivity index (χ3n) is 3.43. The molecule has 0 bridgehead atoms. The van der Waals surface area contributed by atoms with Gasteiger partial charge in [-0.15, -0.1) is 0 Å². The third-order valence-corrected chi connectivity index (χ3v) is 3.43. The molecule has 0 radical (unpaired) electrons. The molecule has 1 aliphatic carbocycles. The van der Waals surface area contributed by atoms with Crippen LogP contribution in [0.4, 0.5) is 0 Å². The Balaban J connectivity index is 2.15. The molecule has 1 unspecified atom stereocenters. The number of carbonyl (C=O) groups is 2. The minimum Gasteiger partial charge on any atom is -0.466 e. The molecule has 0 spiro atoms. The first-order valence-corrected chi connectivity index (χ1v) is 7.33. The first-order valence-electron chi connectivity index (χ1n) is 7.33. The highest BCUT2D eigenvalue weighted by Crippen LogP contribution is 2.17. The van der Waals surface area contributed by atoms with Crippen LogP contribution in [0.1, 0.15) is 52.4 Å². The fraction of sp³-hybridized carbons (Fsp3) is 0.857. The zero-order chi connectivity index (χ0) is 14.1. The van der Waals surface area contributed by atoms with Crippen molar-refractivity contribution in [3.63, 3.8) is 0 Å². The lowest BCUT2D eigenvalue weighted by molar-refractivity contribution is -0.143. The summed E-state index contributed by atoms with van der Waals surface area (Å²) in [5, 5.41) is 6.11. The van der Waals surface area contributed by atoms with Crippen molar-refractivity contribution in [2.45, 2.75) is 64.5 Å². The summed E-state index contributed by atoms with van der Waals surface area (Å²) in [4.78, 5) is 23.1. The highest BCUT2D eigenvalue weighted by atomic mass is 16.5. The Morgan fingerprint density at radius 1 is 1.26 bits per heavy atom. The van der Waals surface area contributed by atoms with Gasteiger partial charge in [-0.2, -0.15) is 0 Å². The van der Waals surface area contributed by atoms with Gasteiger partial charge in [-0.3, -0.25) is 9.59 Å². The predicted octanol–water partition coefficient (Wildman–Crippen LogP) is 1.37. The van der Waals surface area contributed by atoms with Gasteiger partial charge in [-0.25, -0.2) is 0 Å². The number of hydrogen-bond donors (Lipinski definition) is 2. The van der Waals surface area contributed by atoms with Crippen LogP contribution in [0.25, 0.3) is 0 Å². The summed E-state index contributed by atoms with van der Waals surface area (Å²) in [5.41, 5.74) is 0. The maximum atomic E-state index is 11.9. The number of amides is 1. The molecular weight excluding hydrogens is 244 g/mol. The second-order valence-electron chi connectivity index (χ2n) is 5.07. The minimum absolute atomic E-state index is 0.0239. The van der Waals surface area contributed by atoms with Crippen molar-refractivity contribution in [2.24, 2.45) is 0 Å². The number of nitrogens with one attached hydrogen (secondary N) is 2. The maximum Gasteiger partial charge on any atom is 0.307 e. The predicted molar refractivity (Wildman–Crippen MR) is 73.7 cm³/mol. The van der Waals surface area contributed by atoms with Gasteiger partial charge in [0.2, 0.25) is 5.91 Å². The molecule has 1 saturated carbocycles.